The molecular weight excluding hydrogens is 589 g/mol. The summed E-state index contributed by atoms with van der Waals surface area (Å²) in [5.74, 6) is -0.0714. The van der Waals surface area contributed by atoms with Crippen LogP contribution in [-0.2, 0) is 26.0 Å². The molecule has 3 aliphatic heterocycles. The van der Waals surface area contributed by atoms with Gasteiger partial charge in [-0.05, 0) is 93.8 Å². The number of nitrogens with one attached hydrogen (secondary N) is 2. The summed E-state index contributed by atoms with van der Waals surface area (Å²) in [6, 6.07) is 12.4. The molecule has 0 atom stereocenters. The zero-order valence-electron chi connectivity index (χ0n) is 24.2. The van der Waals surface area contributed by atoms with Gasteiger partial charge in [-0.1, -0.05) is 6.07 Å². The van der Waals surface area contributed by atoms with Crippen LogP contribution in [0.3, 0.4) is 0 Å². The number of hydrogen-bond donors (Lipinski definition) is 3. The molecule has 1 amide bonds. The number of likely N-dealkylation sites (tertiary alicyclic amines) is 1. The Kier molecular flexibility index (Phi) is 10.1. The Morgan fingerprint density at radius 2 is 1.80 bits per heavy atom. The van der Waals surface area contributed by atoms with Crippen LogP contribution in [0.25, 0.3) is 0 Å². The van der Waals surface area contributed by atoms with E-state index in [9.17, 15) is 17.6 Å². The molecule has 234 valence electrons. The lowest BCUT2D eigenvalue weighted by molar-refractivity contribution is -0.123. The molecular formula is C30H36FN7O5S. The number of anilines is 4. The minimum absolute atomic E-state index is 0.0234. The highest BCUT2D eigenvalue weighted by molar-refractivity contribution is 7.89. The number of benzene rings is 2. The molecule has 0 aliphatic carbocycles. The fourth-order valence-electron chi connectivity index (χ4n) is 5.87. The summed E-state index contributed by atoms with van der Waals surface area (Å²) < 4.78 is 43.3. The van der Waals surface area contributed by atoms with Crippen LogP contribution >= 0.6 is 0 Å². The Morgan fingerprint density at radius 1 is 1.09 bits per heavy atom. The molecule has 2 fully saturated rings. The number of carboxylic acid groups (broad SMARTS) is 1. The zero-order valence-corrected chi connectivity index (χ0v) is 25.0. The van der Waals surface area contributed by atoms with E-state index >= 15 is 0 Å². The zero-order chi connectivity index (χ0) is 31.1. The van der Waals surface area contributed by atoms with Crippen molar-refractivity contribution in [2.24, 2.45) is 0 Å². The minimum atomic E-state index is -3.69. The van der Waals surface area contributed by atoms with Gasteiger partial charge in [-0.2, -0.15) is 9.29 Å². The van der Waals surface area contributed by atoms with E-state index in [1.54, 1.807) is 40.7 Å². The first-order chi connectivity index (χ1) is 21.3. The lowest BCUT2D eigenvalue weighted by Crippen LogP contribution is -2.48. The molecule has 0 unspecified atom stereocenters. The molecule has 3 aromatic rings. The predicted molar refractivity (Wildman–Crippen MR) is 163 cm³/mol. The fraction of sp³-hybridized carbons (Fsp3) is 0.400. The summed E-state index contributed by atoms with van der Waals surface area (Å²) in [6.45, 7) is 4.65. The number of aromatic nitrogens is 2. The van der Waals surface area contributed by atoms with Gasteiger partial charge in [0.25, 0.3) is 6.47 Å². The number of rotatable bonds is 9. The monoisotopic (exact) mass is 625 g/mol. The van der Waals surface area contributed by atoms with Crippen molar-refractivity contribution in [1.29, 1.82) is 0 Å². The van der Waals surface area contributed by atoms with Crippen molar-refractivity contribution in [2.75, 3.05) is 49.5 Å². The quantitative estimate of drug-likeness (QED) is 0.303. The average molecular weight is 626 g/mol. The van der Waals surface area contributed by atoms with E-state index in [2.05, 4.69) is 25.5 Å². The Morgan fingerprint density at radius 3 is 2.50 bits per heavy atom. The lowest BCUT2D eigenvalue weighted by atomic mass is 10.1. The van der Waals surface area contributed by atoms with E-state index in [4.69, 9.17) is 9.90 Å². The van der Waals surface area contributed by atoms with Crippen molar-refractivity contribution < 1.29 is 27.5 Å². The minimum Gasteiger partial charge on any atom is -0.483 e. The molecule has 14 heteroatoms. The highest BCUT2D eigenvalue weighted by atomic mass is 32.2. The summed E-state index contributed by atoms with van der Waals surface area (Å²) in [5.41, 5.74) is 1.81. The van der Waals surface area contributed by atoms with Crippen molar-refractivity contribution >= 4 is 45.5 Å². The van der Waals surface area contributed by atoms with Gasteiger partial charge in [0.2, 0.25) is 21.9 Å². The van der Waals surface area contributed by atoms with Crippen LogP contribution in [0.5, 0.6) is 0 Å². The standard InChI is InChI=1S/C29H34FN7O3S.CH2O2/c30-22-4-3-21-19-28(38)37(26(21)20-22)27-11-14-32-29(34-27)33-23-5-7-25(8-6-23)41(39,40)36(24-9-12-31-13-10-24)18-17-35-15-1-2-16-35;2-1-3/h3-8,11,14,20,24,31H,1-2,9-10,12-13,15-19H2,(H,32,33,34);1H,(H,2,3). The van der Waals surface area contributed by atoms with E-state index in [-0.39, 0.29) is 35.7 Å². The summed E-state index contributed by atoms with van der Waals surface area (Å²) >= 11 is 0. The van der Waals surface area contributed by atoms with Gasteiger partial charge >= 0.3 is 0 Å². The van der Waals surface area contributed by atoms with Crippen LogP contribution in [0.15, 0.2) is 59.6 Å². The number of piperidine rings is 1. The molecule has 6 rings (SSSR count). The van der Waals surface area contributed by atoms with E-state index in [1.807, 2.05) is 0 Å². The highest BCUT2D eigenvalue weighted by Gasteiger charge is 2.33. The Bertz CT molecular complexity index is 1560. The van der Waals surface area contributed by atoms with Crippen LogP contribution in [-0.4, -0.2) is 90.4 Å². The Balaban J connectivity index is 0.00000123. The second kappa shape index (κ2) is 14.2. The second-order valence-electron chi connectivity index (χ2n) is 10.8. The average Bonchev–Trinajstić information content (AvgIpc) is 3.65. The predicted octanol–water partition coefficient (Wildman–Crippen LogP) is 3.12. The van der Waals surface area contributed by atoms with Crippen LogP contribution < -0.4 is 15.5 Å². The number of carbonyl (C=O) groups excluding carboxylic acids is 1. The number of hydrogen-bond acceptors (Lipinski definition) is 9. The molecule has 0 saturated carbocycles. The molecule has 0 bridgehead atoms. The fourth-order valence-corrected chi connectivity index (χ4v) is 7.55. The Hall–Kier alpha value is -3.98. The maximum atomic E-state index is 13.9. The number of nitrogens with zero attached hydrogens (tertiary/aromatic N) is 5. The normalized spacial score (nSPS) is 17.3. The SMILES string of the molecule is O=C1Cc2ccc(F)cc2N1c1ccnc(Nc2ccc(S(=O)(=O)N(CCN3CCCC3)C3CCNCC3)cc2)n1.O=CO. The van der Waals surface area contributed by atoms with Crippen molar-refractivity contribution in [3.63, 3.8) is 0 Å². The van der Waals surface area contributed by atoms with Crippen molar-refractivity contribution in [3.8, 4) is 0 Å². The number of halogens is 1. The summed E-state index contributed by atoms with van der Waals surface area (Å²) in [4.78, 5) is 33.8. The van der Waals surface area contributed by atoms with Gasteiger partial charge in [0.1, 0.15) is 11.6 Å². The first-order valence-electron chi connectivity index (χ1n) is 14.6. The molecule has 4 heterocycles. The first-order valence-corrected chi connectivity index (χ1v) is 16.1. The maximum absolute atomic E-state index is 13.9. The maximum Gasteiger partial charge on any atom is 0.290 e. The number of fused-ring (bicyclic) bond motifs is 1. The van der Waals surface area contributed by atoms with Crippen molar-refractivity contribution in [3.05, 3.63) is 66.1 Å². The van der Waals surface area contributed by atoms with Gasteiger partial charge < -0.3 is 20.6 Å². The van der Waals surface area contributed by atoms with Gasteiger partial charge in [0.05, 0.1) is 17.0 Å². The van der Waals surface area contributed by atoms with Crippen molar-refractivity contribution in [1.82, 2.24) is 24.5 Å². The van der Waals surface area contributed by atoms with Gasteiger partial charge in [-0.3, -0.25) is 14.5 Å². The summed E-state index contributed by atoms with van der Waals surface area (Å²) in [7, 11) is -3.69. The van der Waals surface area contributed by atoms with Gasteiger partial charge in [0.15, 0.2) is 0 Å². The van der Waals surface area contributed by atoms with E-state index in [0.717, 1.165) is 51.1 Å². The van der Waals surface area contributed by atoms with Crippen LogP contribution in [0.1, 0.15) is 31.2 Å². The van der Waals surface area contributed by atoms with Crippen molar-refractivity contribution in [2.45, 2.75) is 43.0 Å². The smallest absolute Gasteiger partial charge is 0.290 e. The molecule has 0 spiro atoms. The van der Waals surface area contributed by atoms with E-state index in [1.165, 1.54) is 36.1 Å². The lowest BCUT2D eigenvalue weighted by Gasteiger charge is -2.34. The molecule has 2 aromatic carbocycles. The van der Waals surface area contributed by atoms with Gasteiger partial charge in [-0.15, -0.1) is 0 Å². The topological polar surface area (TPSA) is 148 Å². The van der Waals surface area contributed by atoms with Crippen LogP contribution in [0.4, 0.5) is 27.5 Å². The number of sulfonamides is 1. The molecule has 2 saturated heterocycles. The van der Waals surface area contributed by atoms with Gasteiger partial charge in [-0.25, -0.2) is 17.8 Å². The third kappa shape index (κ3) is 7.21. The van der Waals surface area contributed by atoms with E-state index < -0.39 is 15.8 Å². The molecule has 12 nitrogen and oxygen atoms in total. The molecule has 44 heavy (non-hydrogen) atoms. The molecule has 3 N–H and O–H groups in total. The number of carbonyl (C=O) groups is 2. The number of amides is 1. The molecule has 1 aromatic heterocycles. The van der Waals surface area contributed by atoms with Crippen LogP contribution in [0.2, 0.25) is 0 Å². The van der Waals surface area contributed by atoms with E-state index in [0.29, 0.717) is 23.7 Å². The Labute approximate surface area is 256 Å². The van der Waals surface area contributed by atoms with Crippen LogP contribution in [0, 0.1) is 5.82 Å². The summed E-state index contributed by atoms with van der Waals surface area (Å²) in [6.07, 6.45) is 5.62. The third-order valence-corrected chi connectivity index (χ3v) is 9.98. The molecule has 3 aliphatic rings. The highest BCUT2D eigenvalue weighted by Crippen LogP contribution is 2.35. The largest absolute Gasteiger partial charge is 0.483 e. The third-order valence-electron chi connectivity index (χ3n) is 8.02. The van der Waals surface area contributed by atoms with Gasteiger partial charge in [0, 0.05) is 37.1 Å². The summed E-state index contributed by atoms with van der Waals surface area (Å²) in [5, 5.41) is 13.3. The second-order valence-corrected chi connectivity index (χ2v) is 12.7. The molecule has 0 radical (unpaired) electrons. The first kappa shape index (κ1) is 31.4.